The van der Waals surface area contributed by atoms with E-state index in [9.17, 15) is 9.90 Å². The van der Waals surface area contributed by atoms with Crippen molar-refractivity contribution in [1.82, 2.24) is 14.9 Å². The number of rotatable bonds is 4. The Kier molecular flexibility index (Phi) is 4.05. The van der Waals surface area contributed by atoms with Gasteiger partial charge in [0.15, 0.2) is 0 Å². The third-order valence-corrected chi connectivity index (χ3v) is 4.49. The summed E-state index contributed by atoms with van der Waals surface area (Å²) in [6.07, 6.45) is 4.79. The van der Waals surface area contributed by atoms with E-state index < -0.39 is 6.09 Å². The minimum Gasteiger partial charge on any atom is -0.493 e. The molecule has 1 amide bonds. The third kappa shape index (κ3) is 3.05. The molecule has 0 fully saturated rings. The Morgan fingerprint density at radius 2 is 2.28 bits per heavy atom. The summed E-state index contributed by atoms with van der Waals surface area (Å²) >= 11 is 0. The highest BCUT2D eigenvalue weighted by molar-refractivity contribution is 5.82. The minimum atomic E-state index is -0.553. The number of carbonyl (C=O) groups is 1. The standard InChI is InChI=1S/C18H19N3O4/c22-15-7-6-14-17(20-15)12(13-4-1-2-10-21(13)14)8-9-19-18(23)25-16-5-3-11-24-16/h3,5-7,11H,1-2,4,8-10H2,(H,19,23)(H,20,22). The Morgan fingerprint density at radius 3 is 3.12 bits per heavy atom. The van der Waals surface area contributed by atoms with E-state index in [1.807, 2.05) is 6.07 Å². The number of pyridine rings is 1. The van der Waals surface area contributed by atoms with Crippen LogP contribution in [0.3, 0.4) is 0 Å². The van der Waals surface area contributed by atoms with Crippen LogP contribution in [0.5, 0.6) is 11.8 Å². The van der Waals surface area contributed by atoms with Crippen LogP contribution in [-0.4, -0.2) is 27.3 Å². The number of ether oxygens (including phenoxy) is 1. The van der Waals surface area contributed by atoms with Crippen molar-refractivity contribution >= 4 is 17.1 Å². The molecule has 0 saturated heterocycles. The number of carbonyl (C=O) groups excluding carboxylic acids is 1. The number of hydrogen-bond donors (Lipinski definition) is 2. The maximum absolute atomic E-state index is 11.8. The highest BCUT2D eigenvalue weighted by atomic mass is 16.6. The second-order valence-corrected chi connectivity index (χ2v) is 6.07. The van der Waals surface area contributed by atoms with Gasteiger partial charge in [0.25, 0.3) is 5.95 Å². The van der Waals surface area contributed by atoms with E-state index in [4.69, 9.17) is 9.15 Å². The quantitative estimate of drug-likeness (QED) is 0.761. The van der Waals surface area contributed by atoms with Crippen LogP contribution in [0.1, 0.15) is 24.1 Å². The first kappa shape index (κ1) is 15.6. The van der Waals surface area contributed by atoms with Crippen molar-refractivity contribution in [2.75, 3.05) is 6.54 Å². The first-order valence-electron chi connectivity index (χ1n) is 8.41. The van der Waals surface area contributed by atoms with Gasteiger partial charge in [-0.05, 0) is 37.8 Å². The smallest absolute Gasteiger partial charge is 0.415 e. The molecule has 0 aliphatic carbocycles. The lowest BCUT2D eigenvalue weighted by Gasteiger charge is -2.17. The number of aryl methyl sites for hydroxylation is 1. The van der Waals surface area contributed by atoms with Crippen LogP contribution in [0.15, 0.2) is 34.9 Å². The van der Waals surface area contributed by atoms with Gasteiger partial charge in [-0.25, -0.2) is 9.78 Å². The molecule has 3 aromatic heterocycles. The largest absolute Gasteiger partial charge is 0.493 e. The number of aromatic hydroxyl groups is 1. The van der Waals surface area contributed by atoms with E-state index in [1.54, 1.807) is 18.2 Å². The second kappa shape index (κ2) is 6.51. The van der Waals surface area contributed by atoms with Gasteiger partial charge in [0, 0.05) is 36.5 Å². The van der Waals surface area contributed by atoms with Crippen molar-refractivity contribution in [3.05, 3.63) is 41.8 Å². The predicted molar refractivity (Wildman–Crippen MR) is 90.8 cm³/mol. The molecule has 7 heteroatoms. The van der Waals surface area contributed by atoms with Crippen molar-refractivity contribution in [3.8, 4) is 11.8 Å². The third-order valence-electron chi connectivity index (χ3n) is 4.49. The molecule has 0 aromatic carbocycles. The van der Waals surface area contributed by atoms with Crippen LogP contribution < -0.4 is 10.1 Å². The molecule has 2 N–H and O–H groups in total. The van der Waals surface area contributed by atoms with Crippen molar-refractivity contribution in [2.24, 2.45) is 0 Å². The minimum absolute atomic E-state index is 0.0156. The lowest BCUT2D eigenvalue weighted by atomic mass is 10.0. The summed E-state index contributed by atoms with van der Waals surface area (Å²) in [7, 11) is 0. The topological polar surface area (TPSA) is 89.5 Å². The van der Waals surface area contributed by atoms with Crippen molar-refractivity contribution in [3.63, 3.8) is 0 Å². The second-order valence-electron chi connectivity index (χ2n) is 6.07. The average molecular weight is 341 g/mol. The lowest BCUT2D eigenvalue weighted by Crippen LogP contribution is -2.28. The highest BCUT2D eigenvalue weighted by Crippen LogP contribution is 2.31. The number of furan rings is 1. The lowest BCUT2D eigenvalue weighted by molar-refractivity contribution is 0.187. The van der Waals surface area contributed by atoms with Crippen molar-refractivity contribution in [1.29, 1.82) is 0 Å². The van der Waals surface area contributed by atoms with Crippen LogP contribution in [-0.2, 0) is 19.4 Å². The molecule has 25 heavy (non-hydrogen) atoms. The fourth-order valence-corrected chi connectivity index (χ4v) is 3.43. The van der Waals surface area contributed by atoms with Gasteiger partial charge in [-0.3, -0.25) is 0 Å². The van der Waals surface area contributed by atoms with Gasteiger partial charge in [-0.15, -0.1) is 0 Å². The zero-order chi connectivity index (χ0) is 17.2. The van der Waals surface area contributed by atoms with E-state index in [0.717, 1.165) is 42.4 Å². The summed E-state index contributed by atoms with van der Waals surface area (Å²) in [5, 5.41) is 12.5. The SMILES string of the molecule is O=C(NCCc1c2n(c3ccc(O)nc13)CCCC2)Oc1ccco1. The van der Waals surface area contributed by atoms with Gasteiger partial charge >= 0.3 is 6.09 Å². The monoisotopic (exact) mass is 341 g/mol. The summed E-state index contributed by atoms with van der Waals surface area (Å²) in [4.78, 5) is 16.1. The van der Waals surface area contributed by atoms with Crippen LogP contribution in [0.2, 0.25) is 0 Å². The zero-order valence-corrected chi connectivity index (χ0v) is 13.7. The van der Waals surface area contributed by atoms with Crippen LogP contribution in [0.4, 0.5) is 4.79 Å². The maximum atomic E-state index is 11.8. The number of amides is 1. The number of hydrogen-bond acceptors (Lipinski definition) is 5. The molecule has 0 unspecified atom stereocenters. The number of nitrogens with zero attached hydrogens (tertiary/aromatic N) is 2. The molecule has 130 valence electrons. The van der Waals surface area contributed by atoms with Gasteiger partial charge in [-0.2, -0.15) is 0 Å². The molecule has 0 bridgehead atoms. The van der Waals surface area contributed by atoms with Crippen LogP contribution in [0, 0.1) is 0 Å². The van der Waals surface area contributed by atoms with E-state index >= 15 is 0 Å². The molecule has 1 aliphatic heterocycles. The molecule has 3 aromatic rings. The fourth-order valence-electron chi connectivity index (χ4n) is 3.43. The van der Waals surface area contributed by atoms with Crippen LogP contribution in [0.25, 0.3) is 11.0 Å². The van der Waals surface area contributed by atoms with Gasteiger partial charge < -0.3 is 24.1 Å². The van der Waals surface area contributed by atoms with Gasteiger partial charge in [0.2, 0.25) is 5.88 Å². The predicted octanol–water partition coefficient (Wildman–Crippen LogP) is 3.00. The molecule has 0 saturated carbocycles. The summed E-state index contributed by atoms with van der Waals surface area (Å²) in [6, 6.07) is 6.76. The average Bonchev–Trinajstić information content (AvgIpc) is 3.21. The number of fused-ring (bicyclic) bond motifs is 3. The first-order valence-corrected chi connectivity index (χ1v) is 8.41. The molecular weight excluding hydrogens is 322 g/mol. The summed E-state index contributed by atoms with van der Waals surface area (Å²) in [5.74, 6) is 0.178. The van der Waals surface area contributed by atoms with E-state index in [-0.39, 0.29) is 11.8 Å². The molecule has 4 heterocycles. The normalized spacial score (nSPS) is 13.6. The molecule has 0 atom stereocenters. The number of aromatic nitrogens is 2. The van der Waals surface area contributed by atoms with Gasteiger partial charge in [0.1, 0.15) is 0 Å². The maximum Gasteiger partial charge on any atom is 0.415 e. The van der Waals surface area contributed by atoms with E-state index in [2.05, 4.69) is 14.9 Å². The Labute approximate surface area is 144 Å². The van der Waals surface area contributed by atoms with Crippen molar-refractivity contribution in [2.45, 2.75) is 32.2 Å². The van der Waals surface area contributed by atoms with E-state index in [1.165, 1.54) is 12.0 Å². The molecule has 0 spiro atoms. The molecule has 7 nitrogen and oxygen atoms in total. The number of nitrogens with one attached hydrogen (secondary N) is 1. The zero-order valence-electron chi connectivity index (χ0n) is 13.7. The Balaban J connectivity index is 1.51. The molecular formula is C18H19N3O4. The fraction of sp³-hybridized carbons (Fsp3) is 0.333. The highest BCUT2D eigenvalue weighted by Gasteiger charge is 2.21. The summed E-state index contributed by atoms with van der Waals surface area (Å²) in [6.45, 7) is 1.38. The Hall–Kier alpha value is -2.96. The van der Waals surface area contributed by atoms with Gasteiger partial charge in [-0.1, -0.05) is 0 Å². The van der Waals surface area contributed by atoms with E-state index in [0.29, 0.717) is 13.0 Å². The summed E-state index contributed by atoms with van der Waals surface area (Å²) in [5.41, 5.74) is 4.20. The molecule has 4 rings (SSSR count). The summed E-state index contributed by atoms with van der Waals surface area (Å²) < 4.78 is 12.3. The van der Waals surface area contributed by atoms with Crippen molar-refractivity contribution < 1.29 is 19.1 Å². The van der Waals surface area contributed by atoms with Crippen LogP contribution >= 0.6 is 0 Å². The first-order chi connectivity index (χ1) is 12.2. The molecule has 0 radical (unpaired) electrons. The van der Waals surface area contributed by atoms with Gasteiger partial charge in [0.05, 0.1) is 17.3 Å². The Morgan fingerprint density at radius 1 is 1.36 bits per heavy atom. The molecule has 1 aliphatic rings. The Bertz CT molecular complexity index is 899.